The van der Waals surface area contributed by atoms with Gasteiger partial charge in [0.15, 0.2) is 12.9 Å². The summed E-state index contributed by atoms with van der Waals surface area (Å²) in [6.45, 7) is 4.26. The first-order chi connectivity index (χ1) is 12.0. The average Bonchev–Trinajstić information content (AvgIpc) is 2.59. The normalized spacial score (nSPS) is 14.2. The van der Waals surface area contributed by atoms with Crippen molar-refractivity contribution in [3.8, 4) is 11.5 Å². The Balaban J connectivity index is 1.63. The first-order valence-corrected chi connectivity index (χ1v) is 8.32. The highest BCUT2D eigenvalue weighted by molar-refractivity contribution is 6.30. The number of halogens is 1. The van der Waals surface area contributed by atoms with Gasteiger partial charge >= 0.3 is 5.97 Å². The fourth-order valence-corrected chi connectivity index (χ4v) is 2.83. The highest BCUT2D eigenvalue weighted by Crippen LogP contribution is 2.32. The van der Waals surface area contributed by atoms with Crippen LogP contribution in [0.15, 0.2) is 36.4 Å². The third kappa shape index (κ3) is 4.44. The number of hydrogen-bond acceptors (Lipinski definition) is 5. The second kappa shape index (κ2) is 7.76. The van der Waals surface area contributed by atoms with Crippen LogP contribution in [0.3, 0.4) is 0 Å². The van der Waals surface area contributed by atoms with Gasteiger partial charge in [-0.1, -0.05) is 23.7 Å². The fraction of sp³-hybridized carbons (Fsp3) is 0.316. The molecule has 0 N–H and O–H groups in total. The van der Waals surface area contributed by atoms with Crippen molar-refractivity contribution < 1.29 is 23.7 Å². The summed E-state index contributed by atoms with van der Waals surface area (Å²) in [4.78, 5) is 12.2. The van der Waals surface area contributed by atoms with Crippen LogP contribution >= 0.6 is 11.6 Å². The molecule has 1 aliphatic rings. The van der Waals surface area contributed by atoms with E-state index in [-0.39, 0.29) is 13.4 Å². The van der Waals surface area contributed by atoms with E-state index in [9.17, 15) is 4.79 Å². The number of esters is 1. The number of rotatable bonds is 5. The minimum absolute atomic E-state index is 0.0588. The van der Waals surface area contributed by atoms with E-state index in [1.54, 1.807) is 25.1 Å². The Hall–Kier alpha value is -2.24. The van der Waals surface area contributed by atoms with Crippen LogP contribution in [-0.2, 0) is 27.5 Å². The maximum atomic E-state index is 12.2. The predicted octanol–water partition coefficient (Wildman–Crippen LogP) is 4.03. The van der Waals surface area contributed by atoms with Crippen molar-refractivity contribution in [2.75, 3.05) is 6.79 Å². The molecule has 0 radical (unpaired) electrons. The number of carbonyl (C=O) groups is 1. The van der Waals surface area contributed by atoms with Gasteiger partial charge in [-0.15, -0.1) is 0 Å². The quantitative estimate of drug-likeness (QED) is 0.752. The molecule has 2 aromatic rings. The summed E-state index contributed by atoms with van der Waals surface area (Å²) in [5.74, 6) is 0.836. The molecule has 3 rings (SSSR count). The monoisotopic (exact) mass is 362 g/mol. The predicted molar refractivity (Wildman–Crippen MR) is 92.8 cm³/mol. The smallest absolute Gasteiger partial charge is 0.347 e. The summed E-state index contributed by atoms with van der Waals surface area (Å²) in [7, 11) is 0. The number of benzene rings is 2. The SMILES string of the molecule is Cc1cccc(OC(C)C(=O)OCc2cc(Cl)cc3c2OCOC3)c1. The molecule has 132 valence electrons. The lowest BCUT2D eigenvalue weighted by molar-refractivity contribution is -0.152. The topological polar surface area (TPSA) is 54.0 Å². The molecule has 5 nitrogen and oxygen atoms in total. The Labute approximate surface area is 151 Å². The third-order valence-corrected chi connectivity index (χ3v) is 3.97. The highest BCUT2D eigenvalue weighted by Gasteiger charge is 2.20. The average molecular weight is 363 g/mol. The van der Waals surface area contributed by atoms with Crippen molar-refractivity contribution in [3.05, 3.63) is 58.1 Å². The lowest BCUT2D eigenvalue weighted by Gasteiger charge is -2.21. The maximum Gasteiger partial charge on any atom is 0.347 e. The van der Waals surface area contributed by atoms with Crippen LogP contribution in [0.5, 0.6) is 11.5 Å². The van der Waals surface area contributed by atoms with E-state index in [1.807, 2.05) is 25.1 Å². The van der Waals surface area contributed by atoms with E-state index in [0.717, 1.165) is 11.1 Å². The maximum absolute atomic E-state index is 12.2. The molecule has 0 saturated carbocycles. The standard InChI is InChI=1S/C19H19ClO5/c1-12-4-3-5-17(6-12)25-13(2)19(21)23-10-15-8-16(20)7-14-9-22-11-24-18(14)15/h3-8,13H,9-11H2,1-2H3. The number of aryl methyl sites for hydroxylation is 1. The van der Waals surface area contributed by atoms with Gasteiger partial charge in [0, 0.05) is 16.1 Å². The van der Waals surface area contributed by atoms with Crippen LogP contribution in [0.4, 0.5) is 0 Å². The van der Waals surface area contributed by atoms with Gasteiger partial charge in [-0.2, -0.15) is 0 Å². The number of carbonyl (C=O) groups excluding carboxylic acids is 1. The van der Waals surface area contributed by atoms with Crippen molar-refractivity contribution in [1.29, 1.82) is 0 Å². The summed E-state index contributed by atoms with van der Waals surface area (Å²) in [5.41, 5.74) is 2.61. The van der Waals surface area contributed by atoms with Crippen molar-refractivity contribution >= 4 is 17.6 Å². The third-order valence-electron chi connectivity index (χ3n) is 3.76. The van der Waals surface area contributed by atoms with E-state index in [2.05, 4.69) is 0 Å². The highest BCUT2D eigenvalue weighted by atomic mass is 35.5. The molecule has 0 amide bonds. The molecule has 2 aromatic carbocycles. The molecular weight excluding hydrogens is 344 g/mol. The minimum atomic E-state index is -0.721. The lowest BCUT2D eigenvalue weighted by Crippen LogP contribution is -2.26. The first-order valence-electron chi connectivity index (χ1n) is 7.95. The van der Waals surface area contributed by atoms with Gasteiger partial charge in [0.1, 0.15) is 18.1 Å². The number of fused-ring (bicyclic) bond motifs is 1. The second-order valence-corrected chi connectivity index (χ2v) is 6.28. The molecular formula is C19H19ClO5. The zero-order valence-electron chi connectivity index (χ0n) is 14.1. The molecule has 1 unspecified atom stereocenters. The van der Waals surface area contributed by atoms with Crippen LogP contribution in [0.1, 0.15) is 23.6 Å². The molecule has 25 heavy (non-hydrogen) atoms. The largest absolute Gasteiger partial charge is 0.479 e. The molecule has 1 aliphatic heterocycles. The lowest BCUT2D eigenvalue weighted by atomic mass is 10.1. The van der Waals surface area contributed by atoms with Crippen LogP contribution in [0.2, 0.25) is 5.02 Å². The van der Waals surface area contributed by atoms with Crippen molar-refractivity contribution in [1.82, 2.24) is 0 Å². The molecule has 0 aliphatic carbocycles. The van der Waals surface area contributed by atoms with E-state index < -0.39 is 12.1 Å². The van der Waals surface area contributed by atoms with Crippen LogP contribution < -0.4 is 9.47 Å². The number of hydrogen-bond donors (Lipinski definition) is 0. The van der Waals surface area contributed by atoms with Gasteiger partial charge in [0.25, 0.3) is 0 Å². The first kappa shape index (κ1) is 17.6. The van der Waals surface area contributed by atoms with Crippen LogP contribution in [0.25, 0.3) is 0 Å². The Morgan fingerprint density at radius 3 is 2.96 bits per heavy atom. The minimum Gasteiger partial charge on any atom is -0.479 e. The molecule has 0 spiro atoms. The van der Waals surface area contributed by atoms with E-state index in [0.29, 0.717) is 28.7 Å². The molecule has 1 heterocycles. The Morgan fingerprint density at radius 1 is 1.32 bits per heavy atom. The molecule has 1 atom stereocenters. The Kier molecular flexibility index (Phi) is 5.46. The summed E-state index contributed by atoms with van der Waals surface area (Å²) in [5, 5.41) is 0.544. The van der Waals surface area contributed by atoms with Gasteiger partial charge < -0.3 is 18.9 Å². The second-order valence-electron chi connectivity index (χ2n) is 5.85. The van der Waals surface area contributed by atoms with Crippen molar-refractivity contribution in [3.63, 3.8) is 0 Å². The molecule has 0 saturated heterocycles. The molecule has 0 aromatic heterocycles. The molecule has 0 bridgehead atoms. The van der Waals surface area contributed by atoms with Gasteiger partial charge in [0.2, 0.25) is 0 Å². The van der Waals surface area contributed by atoms with E-state index >= 15 is 0 Å². The van der Waals surface area contributed by atoms with Gasteiger partial charge in [-0.25, -0.2) is 4.79 Å². The van der Waals surface area contributed by atoms with E-state index in [4.69, 9.17) is 30.5 Å². The zero-order chi connectivity index (χ0) is 17.8. The van der Waals surface area contributed by atoms with Gasteiger partial charge in [-0.05, 0) is 43.7 Å². The Bertz CT molecular complexity index is 774. The van der Waals surface area contributed by atoms with Crippen LogP contribution in [-0.4, -0.2) is 18.9 Å². The fourth-order valence-electron chi connectivity index (χ4n) is 2.57. The summed E-state index contributed by atoms with van der Waals surface area (Å²) < 4.78 is 21.7. The molecule has 0 fully saturated rings. The van der Waals surface area contributed by atoms with Crippen molar-refractivity contribution in [2.45, 2.75) is 33.2 Å². The van der Waals surface area contributed by atoms with Crippen LogP contribution in [0, 0.1) is 6.92 Å². The van der Waals surface area contributed by atoms with Crippen molar-refractivity contribution in [2.24, 2.45) is 0 Å². The Morgan fingerprint density at radius 2 is 2.16 bits per heavy atom. The summed E-state index contributed by atoms with van der Waals surface area (Å²) in [6.07, 6.45) is -0.721. The van der Waals surface area contributed by atoms with Gasteiger partial charge in [-0.3, -0.25) is 0 Å². The van der Waals surface area contributed by atoms with E-state index in [1.165, 1.54) is 0 Å². The number of ether oxygens (including phenoxy) is 4. The van der Waals surface area contributed by atoms with Gasteiger partial charge in [0.05, 0.1) is 6.61 Å². The zero-order valence-corrected chi connectivity index (χ0v) is 14.8. The molecule has 6 heteroatoms. The summed E-state index contributed by atoms with van der Waals surface area (Å²) >= 11 is 6.11. The summed E-state index contributed by atoms with van der Waals surface area (Å²) in [6, 6.07) is 11.0.